The SMILES string of the molecule is Cc1nonc1COc1ccccc1C(=O)N1CCCC(Cc2cncc3ccccc23)CC1. The number of ether oxygens (including phenoxy) is 1. The Balaban J connectivity index is 1.25. The first-order valence-electron chi connectivity index (χ1n) is 11.8. The largest absolute Gasteiger partial charge is 0.486 e. The van der Waals surface area contributed by atoms with Gasteiger partial charge in [0.1, 0.15) is 23.7 Å². The Kier molecular flexibility index (Phi) is 6.51. The van der Waals surface area contributed by atoms with Crippen molar-refractivity contribution in [1.82, 2.24) is 20.2 Å². The average molecular weight is 457 g/mol. The zero-order valence-corrected chi connectivity index (χ0v) is 19.3. The van der Waals surface area contributed by atoms with Gasteiger partial charge in [-0.2, -0.15) is 0 Å². The van der Waals surface area contributed by atoms with Gasteiger partial charge in [-0.05, 0) is 61.6 Å². The molecule has 0 bridgehead atoms. The van der Waals surface area contributed by atoms with Gasteiger partial charge >= 0.3 is 0 Å². The van der Waals surface area contributed by atoms with E-state index in [0.717, 1.165) is 38.8 Å². The number of carbonyl (C=O) groups is 1. The van der Waals surface area contributed by atoms with Crippen LogP contribution in [-0.2, 0) is 13.0 Å². The molecule has 0 spiro atoms. The average Bonchev–Trinajstić information content (AvgIpc) is 3.14. The van der Waals surface area contributed by atoms with E-state index >= 15 is 0 Å². The molecule has 0 saturated carbocycles. The third kappa shape index (κ3) is 4.78. The summed E-state index contributed by atoms with van der Waals surface area (Å²) in [5.41, 5.74) is 3.18. The van der Waals surface area contributed by atoms with Crippen LogP contribution in [-0.4, -0.2) is 39.2 Å². The molecule has 7 heteroatoms. The Labute approximate surface area is 198 Å². The number of hydrogen-bond acceptors (Lipinski definition) is 6. The number of benzene rings is 2. The van der Waals surface area contributed by atoms with Crippen LogP contribution in [0.15, 0.2) is 65.6 Å². The van der Waals surface area contributed by atoms with E-state index in [1.807, 2.05) is 54.5 Å². The number of likely N-dealkylation sites (tertiary alicyclic amines) is 1. The molecule has 3 heterocycles. The van der Waals surface area contributed by atoms with Gasteiger partial charge in [0.05, 0.1) is 5.56 Å². The zero-order valence-electron chi connectivity index (χ0n) is 19.3. The molecule has 2 aromatic carbocycles. The maximum absolute atomic E-state index is 13.4. The fraction of sp³-hybridized carbons (Fsp3) is 0.333. The summed E-state index contributed by atoms with van der Waals surface area (Å²) in [6.45, 7) is 3.51. The lowest BCUT2D eigenvalue weighted by atomic mass is 9.91. The monoisotopic (exact) mass is 456 g/mol. The minimum Gasteiger partial charge on any atom is -0.486 e. The highest BCUT2D eigenvalue weighted by atomic mass is 16.6. The number of amides is 1. The summed E-state index contributed by atoms with van der Waals surface area (Å²) in [6, 6.07) is 15.8. The minimum absolute atomic E-state index is 0.0121. The molecule has 0 aliphatic carbocycles. The molecule has 34 heavy (non-hydrogen) atoms. The summed E-state index contributed by atoms with van der Waals surface area (Å²) >= 11 is 0. The Morgan fingerprint density at radius 3 is 2.79 bits per heavy atom. The van der Waals surface area contributed by atoms with Crippen LogP contribution < -0.4 is 4.74 Å². The van der Waals surface area contributed by atoms with Crippen molar-refractivity contribution >= 4 is 16.7 Å². The van der Waals surface area contributed by atoms with E-state index in [9.17, 15) is 4.79 Å². The van der Waals surface area contributed by atoms with Gasteiger partial charge < -0.3 is 9.64 Å². The number of fused-ring (bicyclic) bond motifs is 1. The maximum atomic E-state index is 13.4. The van der Waals surface area contributed by atoms with E-state index in [1.54, 1.807) is 0 Å². The number of para-hydroxylation sites is 1. The molecule has 1 unspecified atom stereocenters. The van der Waals surface area contributed by atoms with Crippen molar-refractivity contribution in [2.24, 2.45) is 5.92 Å². The third-order valence-corrected chi connectivity index (χ3v) is 6.62. The van der Waals surface area contributed by atoms with Crippen LogP contribution in [0, 0.1) is 12.8 Å². The Morgan fingerprint density at radius 1 is 1.06 bits per heavy atom. The van der Waals surface area contributed by atoms with Gasteiger partial charge in [0.2, 0.25) is 0 Å². The van der Waals surface area contributed by atoms with Gasteiger partial charge in [-0.1, -0.05) is 46.7 Å². The lowest BCUT2D eigenvalue weighted by Gasteiger charge is -2.22. The van der Waals surface area contributed by atoms with E-state index in [4.69, 9.17) is 9.37 Å². The van der Waals surface area contributed by atoms with Crippen LogP contribution in [0.5, 0.6) is 5.75 Å². The first-order chi connectivity index (χ1) is 16.7. The smallest absolute Gasteiger partial charge is 0.257 e. The molecule has 1 atom stereocenters. The number of pyridine rings is 1. The molecule has 0 N–H and O–H groups in total. The molecular weight excluding hydrogens is 428 g/mol. The topological polar surface area (TPSA) is 81.3 Å². The van der Waals surface area contributed by atoms with E-state index < -0.39 is 0 Å². The second-order valence-electron chi connectivity index (χ2n) is 8.89. The predicted molar refractivity (Wildman–Crippen MR) is 129 cm³/mol. The molecule has 1 saturated heterocycles. The molecular formula is C27H28N4O3. The number of aromatic nitrogens is 3. The normalized spacial score (nSPS) is 16.4. The molecule has 0 radical (unpaired) electrons. The van der Waals surface area contributed by atoms with Crippen molar-refractivity contribution in [1.29, 1.82) is 0 Å². The highest BCUT2D eigenvalue weighted by Gasteiger charge is 2.24. The van der Waals surface area contributed by atoms with Gasteiger partial charge in [0, 0.05) is 30.9 Å². The molecule has 4 aromatic rings. The van der Waals surface area contributed by atoms with E-state index in [2.05, 4.69) is 33.5 Å². The lowest BCUT2D eigenvalue weighted by molar-refractivity contribution is 0.0755. The number of aryl methyl sites for hydroxylation is 1. The molecule has 174 valence electrons. The fourth-order valence-corrected chi connectivity index (χ4v) is 4.69. The van der Waals surface area contributed by atoms with Gasteiger partial charge in [-0.15, -0.1) is 0 Å². The van der Waals surface area contributed by atoms with Gasteiger partial charge in [-0.25, -0.2) is 4.63 Å². The zero-order chi connectivity index (χ0) is 23.3. The first kappa shape index (κ1) is 22.1. The highest BCUT2D eigenvalue weighted by molar-refractivity contribution is 5.97. The minimum atomic E-state index is 0.0121. The molecule has 1 fully saturated rings. The number of carbonyl (C=O) groups excluding carboxylic acids is 1. The van der Waals surface area contributed by atoms with Crippen molar-refractivity contribution in [3.05, 3.63) is 83.4 Å². The molecule has 2 aromatic heterocycles. The van der Waals surface area contributed by atoms with Gasteiger partial charge in [0.15, 0.2) is 0 Å². The van der Waals surface area contributed by atoms with Crippen LogP contribution in [0.1, 0.15) is 46.6 Å². The van der Waals surface area contributed by atoms with Crippen LogP contribution >= 0.6 is 0 Å². The third-order valence-electron chi connectivity index (χ3n) is 6.62. The van der Waals surface area contributed by atoms with Crippen molar-refractivity contribution < 1.29 is 14.2 Å². The molecule has 1 aliphatic heterocycles. The molecule has 1 aliphatic rings. The Morgan fingerprint density at radius 2 is 1.91 bits per heavy atom. The van der Waals surface area contributed by atoms with Crippen LogP contribution in [0.2, 0.25) is 0 Å². The molecule has 7 nitrogen and oxygen atoms in total. The lowest BCUT2D eigenvalue weighted by Crippen LogP contribution is -2.32. The number of hydrogen-bond donors (Lipinski definition) is 0. The van der Waals surface area contributed by atoms with E-state index in [-0.39, 0.29) is 12.5 Å². The van der Waals surface area contributed by atoms with E-state index in [1.165, 1.54) is 16.3 Å². The summed E-state index contributed by atoms with van der Waals surface area (Å²) in [7, 11) is 0. The molecule has 5 rings (SSSR count). The van der Waals surface area contributed by atoms with Crippen molar-refractivity contribution in [2.45, 2.75) is 39.2 Å². The summed E-state index contributed by atoms with van der Waals surface area (Å²) in [5, 5.41) is 10.1. The first-order valence-corrected chi connectivity index (χ1v) is 11.8. The number of rotatable bonds is 6. The van der Waals surface area contributed by atoms with Crippen molar-refractivity contribution in [3.63, 3.8) is 0 Å². The Hall–Kier alpha value is -3.74. The maximum Gasteiger partial charge on any atom is 0.257 e. The fourth-order valence-electron chi connectivity index (χ4n) is 4.69. The summed E-state index contributed by atoms with van der Waals surface area (Å²) in [6.07, 6.45) is 7.97. The standard InChI is InChI=1S/C27H28N4O3/c1-19-25(30-34-29-19)18-33-26-11-5-4-10-24(26)27(32)31-13-6-7-20(12-14-31)15-22-17-28-16-21-8-2-3-9-23(21)22/h2-5,8-11,16-17,20H,6-7,12-15,18H2,1H3. The quantitative estimate of drug-likeness (QED) is 0.407. The summed E-state index contributed by atoms with van der Waals surface area (Å²) < 4.78 is 10.7. The summed E-state index contributed by atoms with van der Waals surface area (Å²) in [5.74, 6) is 1.09. The van der Waals surface area contributed by atoms with Gasteiger partial charge in [0.25, 0.3) is 5.91 Å². The molecule has 1 amide bonds. The van der Waals surface area contributed by atoms with Gasteiger partial charge in [-0.3, -0.25) is 9.78 Å². The second-order valence-corrected chi connectivity index (χ2v) is 8.89. The second kappa shape index (κ2) is 10.0. The Bertz CT molecular complexity index is 1280. The van der Waals surface area contributed by atoms with Crippen LogP contribution in [0.3, 0.4) is 0 Å². The highest BCUT2D eigenvalue weighted by Crippen LogP contribution is 2.28. The van der Waals surface area contributed by atoms with Crippen LogP contribution in [0.25, 0.3) is 10.8 Å². The van der Waals surface area contributed by atoms with Crippen molar-refractivity contribution in [2.75, 3.05) is 13.1 Å². The van der Waals surface area contributed by atoms with Crippen molar-refractivity contribution in [3.8, 4) is 5.75 Å². The summed E-state index contributed by atoms with van der Waals surface area (Å²) in [4.78, 5) is 19.8. The van der Waals surface area contributed by atoms with Crippen LogP contribution in [0.4, 0.5) is 0 Å². The van der Waals surface area contributed by atoms with E-state index in [0.29, 0.717) is 28.6 Å². The predicted octanol–water partition coefficient (Wildman–Crippen LogP) is 4.99. The number of nitrogens with zero attached hydrogens (tertiary/aromatic N) is 4.